The number of nitrogens with one attached hydrogen (secondary N) is 1. The molecule has 6 nitrogen and oxygen atoms in total. The third-order valence-electron chi connectivity index (χ3n) is 3.10. The molecule has 2 rings (SSSR count). The van der Waals surface area contributed by atoms with E-state index in [9.17, 15) is 19.8 Å². The summed E-state index contributed by atoms with van der Waals surface area (Å²) in [7, 11) is 1.38. The van der Waals surface area contributed by atoms with Gasteiger partial charge in [0.15, 0.2) is 11.5 Å². The largest absolute Gasteiger partial charge is 0.503 e. The number of methoxy groups -OCH3 is 1. The first-order valence-corrected chi connectivity index (χ1v) is 7.59. The molecule has 0 unspecified atom stereocenters. The molecule has 0 aliphatic heterocycles. The maximum absolute atomic E-state index is 12.1. The Morgan fingerprint density at radius 1 is 1.21 bits per heavy atom. The normalized spacial score (nSPS) is 11.0. The van der Waals surface area contributed by atoms with Gasteiger partial charge in [0.25, 0.3) is 5.91 Å². The van der Waals surface area contributed by atoms with Gasteiger partial charge in [-0.05, 0) is 51.8 Å². The Kier molecular flexibility index (Phi) is 5.59. The van der Waals surface area contributed by atoms with Gasteiger partial charge in [0, 0.05) is 5.56 Å². The Labute approximate surface area is 146 Å². The average molecular weight is 392 g/mol. The van der Waals surface area contributed by atoms with Crippen LogP contribution in [-0.4, -0.2) is 29.2 Å². The molecule has 1 amide bonds. The third kappa shape index (κ3) is 4.14. The highest BCUT2D eigenvalue weighted by atomic mass is 79.9. The fourth-order valence-electron chi connectivity index (χ4n) is 1.93. The van der Waals surface area contributed by atoms with Gasteiger partial charge in [0.2, 0.25) is 0 Å². The second-order valence-electron chi connectivity index (χ2n) is 4.74. The second-order valence-corrected chi connectivity index (χ2v) is 5.59. The summed E-state index contributed by atoms with van der Waals surface area (Å²) in [5, 5.41) is 21.4. The first-order valence-electron chi connectivity index (χ1n) is 6.80. The fraction of sp³-hybridized carbons (Fsp3) is 0.0588. The molecule has 0 radical (unpaired) electrons. The minimum atomic E-state index is -1.29. The number of carbonyl (C=O) groups is 2. The zero-order valence-electron chi connectivity index (χ0n) is 12.6. The number of aromatic hydroxyl groups is 1. The number of amides is 1. The lowest BCUT2D eigenvalue weighted by Crippen LogP contribution is -2.27. The van der Waals surface area contributed by atoms with Crippen molar-refractivity contribution < 1.29 is 24.5 Å². The smallest absolute Gasteiger partial charge is 0.352 e. The zero-order valence-corrected chi connectivity index (χ0v) is 14.2. The Hall–Kier alpha value is -2.80. The Morgan fingerprint density at radius 2 is 1.88 bits per heavy atom. The Morgan fingerprint density at radius 3 is 2.46 bits per heavy atom. The van der Waals surface area contributed by atoms with E-state index in [1.54, 1.807) is 30.3 Å². The van der Waals surface area contributed by atoms with Crippen LogP contribution in [0, 0.1) is 0 Å². The molecule has 2 aromatic carbocycles. The minimum Gasteiger partial charge on any atom is -0.503 e. The van der Waals surface area contributed by atoms with E-state index in [1.807, 2.05) is 0 Å². The molecule has 2 aromatic rings. The number of benzene rings is 2. The fourth-order valence-corrected chi connectivity index (χ4v) is 2.39. The Bertz CT molecular complexity index is 802. The van der Waals surface area contributed by atoms with Crippen molar-refractivity contribution in [3.05, 3.63) is 63.8 Å². The molecular formula is C17H14BrNO5. The molecule has 0 bridgehead atoms. The molecular weight excluding hydrogens is 378 g/mol. The molecule has 0 saturated carbocycles. The summed E-state index contributed by atoms with van der Waals surface area (Å²) in [5.74, 6) is -1.74. The molecule has 3 N–H and O–H groups in total. The van der Waals surface area contributed by atoms with Gasteiger partial charge in [-0.1, -0.05) is 18.2 Å². The van der Waals surface area contributed by atoms with Gasteiger partial charge < -0.3 is 20.3 Å². The van der Waals surface area contributed by atoms with Crippen LogP contribution in [0.2, 0.25) is 0 Å². The quantitative estimate of drug-likeness (QED) is 0.680. The summed E-state index contributed by atoms with van der Waals surface area (Å²) in [6.07, 6.45) is 1.27. The van der Waals surface area contributed by atoms with E-state index in [0.717, 1.165) is 0 Å². The van der Waals surface area contributed by atoms with Crippen molar-refractivity contribution in [2.45, 2.75) is 0 Å². The highest BCUT2D eigenvalue weighted by molar-refractivity contribution is 9.10. The first kappa shape index (κ1) is 17.6. The van der Waals surface area contributed by atoms with Gasteiger partial charge in [-0.25, -0.2) is 4.79 Å². The standard InChI is InChI=1S/C17H14BrNO5/c1-24-14-9-10(7-12(18)15(14)20)8-13(17(22)23)19-16(21)11-5-3-2-4-6-11/h2-9,20H,1H3,(H,19,21)(H,22,23). The number of halogens is 1. The summed E-state index contributed by atoms with van der Waals surface area (Å²) in [6.45, 7) is 0. The van der Waals surface area contributed by atoms with Gasteiger partial charge >= 0.3 is 5.97 Å². The molecule has 0 aromatic heterocycles. The number of hydrogen-bond donors (Lipinski definition) is 3. The van der Waals surface area contributed by atoms with Crippen molar-refractivity contribution in [2.75, 3.05) is 7.11 Å². The molecule has 0 heterocycles. The predicted molar refractivity (Wildman–Crippen MR) is 91.9 cm³/mol. The van der Waals surface area contributed by atoms with Crippen molar-refractivity contribution in [1.29, 1.82) is 0 Å². The van der Waals surface area contributed by atoms with Gasteiger partial charge in [-0.15, -0.1) is 0 Å². The molecule has 7 heteroatoms. The monoisotopic (exact) mass is 391 g/mol. The van der Waals surface area contributed by atoms with Crippen LogP contribution in [0.25, 0.3) is 6.08 Å². The molecule has 124 valence electrons. The zero-order chi connectivity index (χ0) is 17.7. The van der Waals surface area contributed by atoms with Gasteiger partial charge in [0.05, 0.1) is 11.6 Å². The summed E-state index contributed by atoms with van der Waals surface area (Å²) in [6, 6.07) is 11.2. The number of carboxylic acids is 1. The van der Waals surface area contributed by atoms with Crippen molar-refractivity contribution in [1.82, 2.24) is 5.32 Å². The van der Waals surface area contributed by atoms with E-state index in [2.05, 4.69) is 21.2 Å². The van der Waals surface area contributed by atoms with Crippen molar-refractivity contribution in [3.63, 3.8) is 0 Å². The number of hydrogen-bond acceptors (Lipinski definition) is 4. The van der Waals surface area contributed by atoms with Crippen LogP contribution in [0.5, 0.6) is 11.5 Å². The SMILES string of the molecule is COc1cc(C=C(NC(=O)c2ccccc2)C(=O)O)cc(Br)c1O. The number of ether oxygens (including phenoxy) is 1. The summed E-state index contributed by atoms with van der Waals surface area (Å²) in [5.41, 5.74) is 0.472. The van der Waals surface area contributed by atoms with E-state index >= 15 is 0 Å². The van der Waals surface area contributed by atoms with Crippen LogP contribution < -0.4 is 10.1 Å². The molecule has 0 fully saturated rings. The first-order chi connectivity index (χ1) is 11.4. The van der Waals surface area contributed by atoms with Crippen molar-refractivity contribution in [2.24, 2.45) is 0 Å². The number of phenols is 1. The average Bonchev–Trinajstić information content (AvgIpc) is 2.57. The van der Waals surface area contributed by atoms with E-state index in [4.69, 9.17) is 4.74 Å². The summed E-state index contributed by atoms with van der Waals surface area (Å²) < 4.78 is 5.35. The van der Waals surface area contributed by atoms with E-state index in [1.165, 1.54) is 25.3 Å². The predicted octanol–water partition coefficient (Wildman–Crippen LogP) is 3.02. The number of rotatable bonds is 5. The lowest BCUT2D eigenvalue weighted by atomic mass is 10.1. The number of phenolic OH excluding ortho intramolecular Hbond substituents is 1. The number of carbonyl (C=O) groups excluding carboxylic acids is 1. The van der Waals surface area contributed by atoms with Crippen LogP contribution >= 0.6 is 15.9 Å². The summed E-state index contributed by atoms with van der Waals surface area (Å²) in [4.78, 5) is 23.5. The Balaban J connectivity index is 2.34. The van der Waals surface area contributed by atoms with E-state index in [0.29, 0.717) is 15.6 Å². The van der Waals surface area contributed by atoms with Gasteiger partial charge in [-0.3, -0.25) is 4.79 Å². The molecule has 0 atom stereocenters. The van der Waals surface area contributed by atoms with Crippen LogP contribution in [0.1, 0.15) is 15.9 Å². The van der Waals surface area contributed by atoms with Crippen LogP contribution in [-0.2, 0) is 4.79 Å². The minimum absolute atomic E-state index is 0.0974. The highest BCUT2D eigenvalue weighted by Gasteiger charge is 2.14. The van der Waals surface area contributed by atoms with Gasteiger partial charge in [-0.2, -0.15) is 0 Å². The molecule has 0 aliphatic carbocycles. The topological polar surface area (TPSA) is 95.9 Å². The van der Waals surface area contributed by atoms with Crippen LogP contribution in [0.4, 0.5) is 0 Å². The number of carboxylic acid groups (broad SMARTS) is 1. The van der Waals surface area contributed by atoms with E-state index < -0.39 is 11.9 Å². The van der Waals surface area contributed by atoms with E-state index in [-0.39, 0.29) is 17.2 Å². The van der Waals surface area contributed by atoms with Crippen molar-refractivity contribution in [3.8, 4) is 11.5 Å². The number of aliphatic carboxylic acids is 1. The van der Waals surface area contributed by atoms with Gasteiger partial charge in [0.1, 0.15) is 5.70 Å². The highest BCUT2D eigenvalue weighted by Crippen LogP contribution is 2.35. The molecule has 0 aliphatic rings. The molecule has 0 saturated heterocycles. The lowest BCUT2D eigenvalue weighted by molar-refractivity contribution is -0.132. The molecule has 24 heavy (non-hydrogen) atoms. The summed E-state index contributed by atoms with van der Waals surface area (Å²) >= 11 is 3.16. The third-order valence-corrected chi connectivity index (χ3v) is 3.70. The maximum atomic E-state index is 12.1. The maximum Gasteiger partial charge on any atom is 0.352 e. The van der Waals surface area contributed by atoms with Crippen LogP contribution in [0.15, 0.2) is 52.6 Å². The molecule has 0 spiro atoms. The van der Waals surface area contributed by atoms with Crippen LogP contribution in [0.3, 0.4) is 0 Å². The van der Waals surface area contributed by atoms with Crippen molar-refractivity contribution >= 4 is 33.9 Å². The second kappa shape index (κ2) is 7.65. The lowest BCUT2D eigenvalue weighted by Gasteiger charge is -2.09.